The van der Waals surface area contributed by atoms with Gasteiger partial charge in [-0.25, -0.2) is 4.98 Å². The van der Waals surface area contributed by atoms with Crippen LogP contribution in [0, 0.1) is 12.8 Å². The summed E-state index contributed by atoms with van der Waals surface area (Å²) in [6, 6.07) is 10.4. The summed E-state index contributed by atoms with van der Waals surface area (Å²) in [6.07, 6.45) is 11.7. The van der Waals surface area contributed by atoms with Gasteiger partial charge in [0.1, 0.15) is 11.6 Å². The average Bonchev–Trinajstić information content (AvgIpc) is 3.00. The summed E-state index contributed by atoms with van der Waals surface area (Å²) in [6.45, 7) is 2.76. The van der Waals surface area contributed by atoms with Crippen molar-refractivity contribution in [1.82, 2.24) is 15.6 Å². The number of carbonyl (C=O) groups is 2. The van der Waals surface area contributed by atoms with Crippen LogP contribution in [-0.4, -0.2) is 48.6 Å². The maximum Gasteiger partial charge on any atom is 0.253 e. The molecule has 2 amide bonds. The number of rotatable bonds is 6. The Morgan fingerprint density at radius 2 is 1.75 bits per heavy atom. The van der Waals surface area contributed by atoms with E-state index < -0.39 is 0 Å². The number of anilines is 1. The predicted octanol–water partition coefficient (Wildman–Crippen LogP) is 4.64. The summed E-state index contributed by atoms with van der Waals surface area (Å²) in [5.41, 5.74) is 2.17. The van der Waals surface area contributed by atoms with E-state index in [1.807, 2.05) is 37.3 Å². The molecule has 36 heavy (non-hydrogen) atoms. The summed E-state index contributed by atoms with van der Waals surface area (Å²) >= 11 is 0. The Balaban J connectivity index is 1.22. The quantitative estimate of drug-likeness (QED) is 0.616. The zero-order chi connectivity index (χ0) is 25.1. The van der Waals surface area contributed by atoms with Crippen molar-refractivity contribution in [2.75, 3.05) is 18.6 Å². The second-order valence-electron chi connectivity index (χ2n) is 10.6. The molecular formula is C29H38N4O3. The molecule has 0 spiro atoms. The van der Waals surface area contributed by atoms with Crippen molar-refractivity contribution in [3.63, 3.8) is 0 Å². The van der Waals surface area contributed by atoms with Gasteiger partial charge in [0.15, 0.2) is 0 Å². The fourth-order valence-electron chi connectivity index (χ4n) is 6.15. The SMILES string of the molecule is COc1cccc(C(=O)NC2CCN(c3ccc(C(=O)NC4CCCCC4)cn3)C3CCC3C2)c1C. The van der Waals surface area contributed by atoms with Crippen molar-refractivity contribution in [3.05, 3.63) is 53.2 Å². The first-order valence-electron chi connectivity index (χ1n) is 13.5. The molecule has 2 heterocycles. The Labute approximate surface area is 214 Å². The van der Waals surface area contributed by atoms with Gasteiger partial charge in [-0.15, -0.1) is 0 Å². The van der Waals surface area contributed by atoms with E-state index >= 15 is 0 Å². The summed E-state index contributed by atoms with van der Waals surface area (Å²) in [4.78, 5) is 32.9. The molecule has 1 aromatic heterocycles. The van der Waals surface area contributed by atoms with E-state index in [9.17, 15) is 9.59 Å². The van der Waals surface area contributed by atoms with Gasteiger partial charge in [0.25, 0.3) is 11.8 Å². The number of hydrogen-bond acceptors (Lipinski definition) is 5. The topological polar surface area (TPSA) is 83.6 Å². The number of ether oxygens (including phenoxy) is 1. The number of amides is 2. The van der Waals surface area contributed by atoms with Gasteiger partial charge in [-0.05, 0) is 75.6 Å². The fraction of sp³-hybridized carbons (Fsp3) is 0.552. The lowest BCUT2D eigenvalue weighted by atomic mass is 9.76. The minimum absolute atomic E-state index is 0.0195. The standard InChI is InChI=1S/C29H38N4O3/c1-19-24(9-6-10-26(19)36-2)29(35)32-23-15-16-33(25-13-11-20(25)17-23)27-14-12-21(18-30-27)28(34)31-22-7-4-3-5-8-22/h6,9-10,12,14,18,20,22-23,25H,3-5,7-8,11,13,15-17H2,1-2H3,(H,31,34)(H,32,35). The molecule has 2 aliphatic carbocycles. The summed E-state index contributed by atoms with van der Waals surface area (Å²) in [7, 11) is 1.63. The molecule has 3 aliphatic rings. The normalized spacial score (nSPS) is 24.2. The third-order valence-electron chi connectivity index (χ3n) is 8.41. The van der Waals surface area contributed by atoms with Crippen molar-refractivity contribution in [3.8, 4) is 5.75 Å². The molecule has 1 aliphatic heterocycles. The van der Waals surface area contributed by atoms with E-state index in [2.05, 4.69) is 15.5 Å². The lowest BCUT2D eigenvalue weighted by molar-refractivity contribution is 0.0917. The van der Waals surface area contributed by atoms with Gasteiger partial charge in [-0.2, -0.15) is 0 Å². The Bertz CT molecular complexity index is 1080. The third kappa shape index (κ3) is 5.20. The number of pyridine rings is 1. The van der Waals surface area contributed by atoms with Crippen LogP contribution in [0.5, 0.6) is 5.75 Å². The molecule has 192 valence electrons. The first-order valence-corrected chi connectivity index (χ1v) is 13.5. The van der Waals surface area contributed by atoms with Crippen LogP contribution in [-0.2, 0) is 0 Å². The van der Waals surface area contributed by atoms with Gasteiger partial charge < -0.3 is 20.3 Å². The molecular weight excluding hydrogens is 452 g/mol. The van der Waals surface area contributed by atoms with Crippen LogP contribution >= 0.6 is 0 Å². The van der Waals surface area contributed by atoms with Gasteiger partial charge in [-0.3, -0.25) is 9.59 Å². The number of fused-ring (bicyclic) bond motifs is 1. The van der Waals surface area contributed by atoms with Gasteiger partial charge in [0.05, 0.1) is 12.7 Å². The maximum absolute atomic E-state index is 13.1. The van der Waals surface area contributed by atoms with Crippen molar-refractivity contribution in [2.24, 2.45) is 5.92 Å². The molecule has 3 unspecified atom stereocenters. The Hall–Kier alpha value is -3.09. The van der Waals surface area contributed by atoms with E-state index in [0.29, 0.717) is 29.1 Å². The van der Waals surface area contributed by atoms with Crippen LogP contribution in [0.1, 0.15) is 84.1 Å². The molecule has 0 radical (unpaired) electrons. The summed E-state index contributed by atoms with van der Waals surface area (Å²) in [5.74, 6) is 2.15. The summed E-state index contributed by atoms with van der Waals surface area (Å²) in [5, 5.41) is 6.47. The Kier molecular flexibility index (Phi) is 7.44. The number of methoxy groups -OCH3 is 1. The average molecular weight is 491 g/mol. The first-order chi connectivity index (χ1) is 17.5. The fourth-order valence-corrected chi connectivity index (χ4v) is 6.15. The van der Waals surface area contributed by atoms with Gasteiger partial charge in [-0.1, -0.05) is 25.3 Å². The van der Waals surface area contributed by atoms with Crippen molar-refractivity contribution in [2.45, 2.75) is 82.8 Å². The largest absolute Gasteiger partial charge is 0.496 e. The highest BCUT2D eigenvalue weighted by Gasteiger charge is 2.40. The number of aromatic nitrogens is 1. The van der Waals surface area contributed by atoms with Crippen LogP contribution < -0.4 is 20.3 Å². The smallest absolute Gasteiger partial charge is 0.253 e. The number of hydrogen-bond donors (Lipinski definition) is 2. The first kappa shape index (κ1) is 24.6. The molecule has 2 N–H and O–H groups in total. The van der Waals surface area contributed by atoms with Gasteiger partial charge >= 0.3 is 0 Å². The monoisotopic (exact) mass is 490 g/mol. The molecule has 2 saturated carbocycles. The highest BCUT2D eigenvalue weighted by molar-refractivity contribution is 5.96. The molecule has 0 bridgehead atoms. The van der Waals surface area contributed by atoms with Gasteiger partial charge in [0.2, 0.25) is 0 Å². The molecule has 5 rings (SSSR count). The maximum atomic E-state index is 13.1. The highest BCUT2D eigenvalue weighted by Crippen LogP contribution is 2.40. The van der Waals surface area contributed by atoms with E-state index in [0.717, 1.165) is 55.8 Å². The molecule has 3 fully saturated rings. The lowest BCUT2D eigenvalue weighted by Crippen LogP contribution is -2.47. The van der Waals surface area contributed by atoms with Crippen LogP contribution in [0.15, 0.2) is 36.5 Å². The number of benzene rings is 1. The Morgan fingerprint density at radius 1 is 0.944 bits per heavy atom. The molecule has 7 heteroatoms. The second kappa shape index (κ2) is 10.9. The number of carbonyl (C=O) groups excluding carboxylic acids is 2. The molecule has 2 aromatic rings. The Morgan fingerprint density at radius 3 is 2.44 bits per heavy atom. The number of nitrogens with one attached hydrogen (secondary N) is 2. The molecule has 7 nitrogen and oxygen atoms in total. The molecule has 3 atom stereocenters. The van der Waals surface area contributed by atoms with Crippen LogP contribution in [0.4, 0.5) is 5.82 Å². The summed E-state index contributed by atoms with van der Waals surface area (Å²) < 4.78 is 5.39. The lowest BCUT2D eigenvalue weighted by Gasteiger charge is -2.43. The minimum Gasteiger partial charge on any atom is -0.496 e. The van der Waals surface area contributed by atoms with E-state index in [4.69, 9.17) is 9.72 Å². The van der Waals surface area contributed by atoms with Crippen molar-refractivity contribution in [1.29, 1.82) is 0 Å². The number of nitrogens with zero attached hydrogens (tertiary/aromatic N) is 2. The van der Waals surface area contributed by atoms with Crippen LogP contribution in [0.3, 0.4) is 0 Å². The van der Waals surface area contributed by atoms with E-state index in [1.54, 1.807) is 13.3 Å². The van der Waals surface area contributed by atoms with Crippen LogP contribution in [0.25, 0.3) is 0 Å². The van der Waals surface area contributed by atoms with E-state index in [1.165, 1.54) is 25.7 Å². The molecule has 1 saturated heterocycles. The van der Waals surface area contributed by atoms with Crippen molar-refractivity contribution >= 4 is 17.6 Å². The highest BCUT2D eigenvalue weighted by atomic mass is 16.5. The van der Waals surface area contributed by atoms with E-state index in [-0.39, 0.29) is 17.9 Å². The zero-order valence-corrected chi connectivity index (χ0v) is 21.5. The van der Waals surface area contributed by atoms with Crippen molar-refractivity contribution < 1.29 is 14.3 Å². The zero-order valence-electron chi connectivity index (χ0n) is 21.5. The molecule has 1 aromatic carbocycles. The predicted molar refractivity (Wildman–Crippen MR) is 141 cm³/mol. The van der Waals surface area contributed by atoms with Crippen LogP contribution in [0.2, 0.25) is 0 Å². The van der Waals surface area contributed by atoms with Gasteiger partial charge in [0, 0.05) is 42.0 Å². The minimum atomic E-state index is -0.0350. The third-order valence-corrected chi connectivity index (χ3v) is 8.41. The second-order valence-corrected chi connectivity index (χ2v) is 10.6.